The zero-order chi connectivity index (χ0) is 11.0. The summed E-state index contributed by atoms with van der Waals surface area (Å²) < 4.78 is 5.08. The molecule has 5 nitrogen and oxygen atoms in total. The van der Waals surface area contributed by atoms with E-state index in [1.807, 2.05) is 13.8 Å². The molecule has 82 valence electrons. The Labute approximate surface area is 83.6 Å². The van der Waals surface area contributed by atoms with Crippen molar-refractivity contribution in [1.29, 1.82) is 0 Å². The number of likely N-dealkylation sites (N-methyl/N-ethyl adjacent to an activating group) is 1. The van der Waals surface area contributed by atoms with Crippen molar-refractivity contribution < 1.29 is 19.4 Å². The van der Waals surface area contributed by atoms with Crippen molar-refractivity contribution >= 4 is 11.9 Å². The van der Waals surface area contributed by atoms with Crippen LogP contribution in [0.2, 0.25) is 0 Å². The molecule has 0 fully saturated rings. The van der Waals surface area contributed by atoms with Crippen LogP contribution in [0.5, 0.6) is 0 Å². The Balaban J connectivity index is 3.86. The molecular weight excluding hydrogens is 186 g/mol. The van der Waals surface area contributed by atoms with E-state index in [2.05, 4.69) is 0 Å². The number of carbonyl (C=O) groups excluding carboxylic acids is 1. The summed E-state index contributed by atoms with van der Waals surface area (Å²) in [6.45, 7) is 5.71. The molecule has 0 rings (SSSR count). The maximum absolute atomic E-state index is 11.3. The van der Waals surface area contributed by atoms with Crippen molar-refractivity contribution in [3.63, 3.8) is 0 Å². The molecule has 0 heterocycles. The van der Waals surface area contributed by atoms with Gasteiger partial charge >= 0.3 is 5.97 Å². The molecule has 0 bridgehead atoms. The van der Waals surface area contributed by atoms with Gasteiger partial charge in [0.2, 0.25) is 5.91 Å². The van der Waals surface area contributed by atoms with E-state index in [0.717, 1.165) is 0 Å². The molecule has 5 heteroatoms. The highest BCUT2D eigenvalue weighted by atomic mass is 16.5. The molecule has 14 heavy (non-hydrogen) atoms. The second-order valence-electron chi connectivity index (χ2n) is 2.74. The van der Waals surface area contributed by atoms with Crippen LogP contribution in [0.1, 0.15) is 20.3 Å². The average Bonchev–Trinajstić information content (AvgIpc) is 2.11. The SMILES string of the molecule is CCOCCN(CC)C(=O)CC(=O)O. The minimum Gasteiger partial charge on any atom is -0.481 e. The fraction of sp³-hybridized carbons (Fsp3) is 0.778. The van der Waals surface area contributed by atoms with Gasteiger partial charge in [-0.1, -0.05) is 0 Å². The maximum atomic E-state index is 11.3. The molecule has 0 aromatic heterocycles. The van der Waals surface area contributed by atoms with Crippen LogP contribution in [0.4, 0.5) is 0 Å². The topological polar surface area (TPSA) is 66.8 Å². The fourth-order valence-corrected chi connectivity index (χ4v) is 1.02. The Bertz CT molecular complexity index is 193. The van der Waals surface area contributed by atoms with Gasteiger partial charge in [-0.2, -0.15) is 0 Å². The van der Waals surface area contributed by atoms with Crippen molar-refractivity contribution in [2.45, 2.75) is 20.3 Å². The number of ether oxygens (including phenoxy) is 1. The lowest BCUT2D eigenvalue weighted by Gasteiger charge is -2.19. The van der Waals surface area contributed by atoms with E-state index in [-0.39, 0.29) is 5.91 Å². The predicted octanol–water partition coefficient (Wildman–Crippen LogP) is 0.346. The van der Waals surface area contributed by atoms with E-state index >= 15 is 0 Å². The van der Waals surface area contributed by atoms with Crippen LogP contribution in [0, 0.1) is 0 Å². The number of carboxylic acids is 1. The summed E-state index contributed by atoms with van der Waals surface area (Å²) in [6, 6.07) is 0. The van der Waals surface area contributed by atoms with E-state index in [1.165, 1.54) is 4.90 Å². The van der Waals surface area contributed by atoms with E-state index in [4.69, 9.17) is 9.84 Å². The third-order valence-electron chi connectivity index (χ3n) is 1.75. The van der Waals surface area contributed by atoms with Gasteiger partial charge in [0.05, 0.1) is 6.61 Å². The molecule has 0 aromatic carbocycles. The third-order valence-corrected chi connectivity index (χ3v) is 1.75. The van der Waals surface area contributed by atoms with Gasteiger partial charge in [-0.25, -0.2) is 0 Å². The summed E-state index contributed by atoms with van der Waals surface area (Å²) in [5.41, 5.74) is 0. The van der Waals surface area contributed by atoms with E-state index in [9.17, 15) is 9.59 Å². The van der Waals surface area contributed by atoms with Crippen molar-refractivity contribution in [1.82, 2.24) is 4.90 Å². The van der Waals surface area contributed by atoms with Crippen molar-refractivity contribution in [3.05, 3.63) is 0 Å². The minimum absolute atomic E-state index is 0.361. The number of hydrogen-bond acceptors (Lipinski definition) is 3. The number of amides is 1. The average molecular weight is 203 g/mol. The standard InChI is InChI=1S/C9H17NO4/c1-3-10(5-6-14-4-2)8(11)7-9(12)13/h3-7H2,1-2H3,(H,12,13). The van der Waals surface area contributed by atoms with Crippen molar-refractivity contribution in [3.8, 4) is 0 Å². The summed E-state index contributed by atoms with van der Waals surface area (Å²) in [7, 11) is 0. The van der Waals surface area contributed by atoms with Gasteiger partial charge in [0.1, 0.15) is 6.42 Å². The highest BCUT2D eigenvalue weighted by Gasteiger charge is 2.14. The third kappa shape index (κ3) is 5.53. The first-order valence-electron chi connectivity index (χ1n) is 4.69. The number of carboxylic acid groups (broad SMARTS) is 1. The van der Waals surface area contributed by atoms with Crippen LogP contribution in [-0.4, -0.2) is 48.2 Å². The lowest BCUT2D eigenvalue weighted by Crippen LogP contribution is -2.35. The first-order valence-corrected chi connectivity index (χ1v) is 4.69. The highest BCUT2D eigenvalue weighted by Crippen LogP contribution is 1.94. The molecule has 0 aliphatic carbocycles. The van der Waals surface area contributed by atoms with Crippen LogP contribution in [-0.2, 0) is 14.3 Å². The summed E-state index contributed by atoms with van der Waals surface area (Å²) in [5, 5.41) is 8.42. The predicted molar refractivity (Wildman–Crippen MR) is 51.0 cm³/mol. The largest absolute Gasteiger partial charge is 0.481 e. The summed E-state index contributed by atoms with van der Waals surface area (Å²) in [4.78, 5) is 23.0. The summed E-state index contributed by atoms with van der Waals surface area (Å²) in [6.07, 6.45) is -0.444. The molecule has 1 N–H and O–H groups in total. The Hall–Kier alpha value is -1.10. The molecule has 0 saturated heterocycles. The van der Waals surface area contributed by atoms with E-state index in [0.29, 0.717) is 26.3 Å². The second-order valence-corrected chi connectivity index (χ2v) is 2.74. The monoisotopic (exact) mass is 203 g/mol. The molecule has 0 spiro atoms. The van der Waals surface area contributed by atoms with Gasteiger partial charge in [0.15, 0.2) is 0 Å². The molecule has 0 radical (unpaired) electrons. The molecule has 0 saturated carbocycles. The molecule has 0 aliphatic heterocycles. The quantitative estimate of drug-likeness (QED) is 0.479. The normalized spacial score (nSPS) is 9.86. The fourth-order valence-electron chi connectivity index (χ4n) is 1.02. The smallest absolute Gasteiger partial charge is 0.312 e. The summed E-state index contributed by atoms with van der Waals surface area (Å²) in [5.74, 6) is -1.45. The highest BCUT2D eigenvalue weighted by molar-refractivity contribution is 5.93. The number of aliphatic carboxylic acids is 1. The van der Waals surface area contributed by atoms with Crippen LogP contribution in [0.15, 0.2) is 0 Å². The molecular formula is C9H17NO4. The molecule has 0 aliphatic rings. The van der Waals surface area contributed by atoms with Crippen LogP contribution < -0.4 is 0 Å². The number of nitrogens with zero attached hydrogens (tertiary/aromatic N) is 1. The molecule has 1 amide bonds. The Morgan fingerprint density at radius 2 is 2.00 bits per heavy atom. The Morgan fingerprint density at radius 1 is 1.36 bits per heavy atom. The number of hydrogen-bond donors (Lipinski definition) is 1. The number of rotatable bonds is 7. The number of carbonyl (C=O) groups is 2. The lowest BCUT2D eigenvalue weighted by molar-refractivity contribution is -0.144. The van der Waals surface area contributed by atoms with E-state index in [1.54, 1.807) is 0 Å². The van der Waals surface area contributed by atoms with Gasteiger partial charge in [0.25, 0.3) is 0 Å². The van der Waals surface area contributed by atoms with Crippen molar-refractivity contribution in [2.24, 2.45) is 0 Å². The Morgan fingerprint density at radius 3 is 2.43 bits per heavy atom. The van der Waals surface area contributed by atoms with Gasteiger partial charge < -0.3 is 14.7 Å². The zero-order valence-corrected chi connectivity index (χ0v) is 8.65. The minimum atomic E-state index is -1.09. The first-order chi connectivity index (χ1) is 6.61. The molecule has 0 aromatic rings. The van der Waals surface area contributed by atoms with Crippen molar-refractivity contribution in [2.75, 3.05) is 26.3 Å². The lowest BCUT2D eigenvalue weighted by atomic mass is 10.3. The van der Waals surface area contributed by atoms with Gasteiger partial charge in [0, 0.05) is 19.7 Å². The Kier molecular flexibility index (Phi) is 6.74. The van der Waals surface area contributed by atoms with Crippen LogP contribution >= 0.6 is 0 Å². The zero-order valence-electron chi connectivity index (χ0n) is 8.65. The van der Waals surface area contributed by atoms with Crippen LogP contribution in [0.3, 0.4) is 0 Å². The van der Waals surface area contributed by atoms with Crippen LogP contribution in [0.25, 0.3) is 0 Å². The van der Waals surface area contributed by atoms with Gasteiger partial charge in [-0.15, -0.1) is 0 Å². The van der Waals surface area contributed by atoms with Gasteiger partial charge in [-0.05, 0) is 13.8 Å². The van der Waals surface area contributed by atoms with E-state index < -0.39 is 12.4 Å². The first kappa shape index (κ1) is 12.9. The molecule has 0 atom stereocenters. The summed E-state index contributed by atoms with van der Waals surface area (Å²) >= 11 is 0. The maximum Gasteiger partial charge on any atom is 0.312 e. The second kappa shape index (κ2) is 7.32. The molecule has 0 unspecified atom stereocenters. The van der Waals surface area contributed by atoms with Gasteiger partial charge in [-0.3, -0.25) is 9.59 Å².